The van der Waals surface area contributed by atoms with Gasteiger partial charge in [-0.1, -0.05) is 46.4 Å². The van der Waals surface area contributed by atoms with E-state index in [1.165, 1.54) is 0 Å². The van der Waals surface area contributed by atoms with Crippen molar-refractivity contribution in [3.63, 3.8) is 0 Å². The average molecular weight is 386 g/mol. The third-order valence-corrected chi connectivity index (χ3v) is 5.01. The van der Waals surface area contributed by atoms with Crippen LogP contribution in [0.5, 0.6) is 0 Å². The minimum Gasteiger partial charge on any atom is -0.545 e. The van der Waals surface area contributed by atoms with Gasteiger partial charge in [-0.05, 0) is 12.8 Å². The number of carbonyl (C=O) groups excluding carboxylic acids is 2. The summed E-state index contributed by atoms with van der Waals surface area (Å²) in [5.74, 6) is -2.41. The van der Waals surface area contributed by atoms with Gasteiger partial charge in [0.2, 0.25) is 0 Å². The number of hydrogen-bond acceptors (Lipinski definition) is 4. The second kappa shape index (κ2) is 7.23. The molecule has 0 unspecified atom stereocenters. The highest BCUT2D eigenvalue weighted by molar-refractivity contribution is 6.54. The van der Waals surface area contributed by atoms with Crippen molar-refractivity contribution in [1.29, 1.82) is 0 Å². The lowest BCUT2D eigenvalue weighted by molar-refractivity contribution is -0.255. The summed E-state index contributed by atoms with van der Waals surface area (Å²) in [6, 6.07) is 0. The smallest absolute Gasteiger partial charge is 0.253 e. The van der Waals surface area contributed by atoms with E-state index in [0.29, 0.717) is 6.61 Å². The van der Waals surface area contributed by atoms with Crippen molar-refractivity contribution in [3.05, 3.63) is 31.2 Å². The Labute approximate surface area is 146 Å². The van der Waals surface area contributed by atoms with Gasteiger partial charge in [-0.2, -0.15) is 0 Å². The first kappa shape index (κ1) is 17.6. The molecule has 1 N–H and O–H groups in total. The van der Waals surface area contributed by atoms with Crippen molar-refractivity contribution in [1.82, 2.24) is 5.32 Å². The fraction of sp³-hybridized carbons (Fsp3) is 0.385. The van der Waals surface area contributed by atoms with Gasteiger partial charge in [0.1, 0.15) is 0 Å². The topological polar surface area (TPSA) is 78.5 Å². The summed E-state index contributed by atoms with van der Waals surface area (Å²) in [5, 5.41) is 12.7. The zero-order valence-electron chi connectivity index (χ0n) is 11.1. The maximum Gasteiger partial charge on any atom is 0.253 e. The van der Waals surface area contributed by atoms with Crippen LogP contribution in [0.2, 0.25) is 20.1 Å². The Morgan fingerprint density at radius 1 is 1.09 bits per heavy atom. The van der Waals surface area contributed by atoms with Crippen LogP contribution < -0.4 is 10.4 Å². The predicted molar refractivity (Wildman–Crippen MR) is 82.1 cm³/mol. The molecule has 120 valence electrons. The molecule has 9 heteroatoms. The summed E-state index contributed by atoms with van der Waals surface area (Å²) in [6.07, 6.45) is 1.60. The molecule has 22 heavy (non-hydrogen) atoms. The first-order chi connectivity index (χ1) is 10.3. The summed E-state index contributed by atoms with van der Waals surface area (Å²) in [6.45, 7) is 0.851. The number of amides is 1. The number of halogens is 4. The number of carbonyl (C=O) groups is 2. The highest BCUT2D eigenvalue weighted by Crippen LogP contribution is 2.41. The molecule has 0 aliphatic carbocycles. The van der Waals surface area contributed by atoms with Gasteiger partial charge in [0.15, 0.2) is 0 Å². The van der Waals surface area contributed by atoms with Crippen molar-refractivity contribution in [2.24, 2.45) is 0 Å². The predicted octanol–water partition coefficient (Wildman–Crippen LogP) is 2.57. The summed E-state index contributed by atoms with van der Waals surface area (Å²) in [4.78, 5) is 23.5. The molecule has 1 aromatic rings. The fourth-order valence-electron chi connectivity index (χ4n) is 2.14. The van der Waals surface area contributed by atoms with Gasteiger partial charge < -0.3 is 20.0 Å². The molecule has 5 nitrogen and oxygen atoms in total. The lowest BCUT2D eigenvalue weighted by atomic mass is 10.1. The Balaban J connectivity index is 2.35. The second-order valence-corrected chi connectivity index (χ2v) is 6.15. The number of rotatable bonds is 4. The number of carboxylic acid groups (broad SMARTS) is 1. The van der Waals surface area contributed by atoms with E-state index in [1.54, 1.807) is 0 Å². The van der Waals surface area contributed by atoms with Crippen LogP contribution in [0.3, 0.4) is 0 Å². The van der Waals surface area contributed by atoms with Gasteiger partial charge in [0, 0.05) is 18.7 Å². The Morgan fingerprint density at radius 2 is 1.68 bits per heavy atom. The van der Waals surface area contributed by atoms with E-state index >= 15 is 0 Å². The maximum absolute atomic E-state index is 12.3. The normalized spacial score (nSPS) is 17.5. The quantitative estimate of drug-likeness (QED) is 0.638. The van der Waals surface area contributed by atoms with Gasteiger partial charge in [0.25, 0.3) is 5.91 Å². The number of benzene rings is 1. The molecule has 1 heterocycles. The van der Waals surface area contributed by atoms with E-state index in [9.17, 15) is 14.7 Å². The van der Waals surface area contributed by atoms with Gasteiger partial charge in [-0.15, -0.1) is 0 Å². The number of aromatic carboxylic acids is 1. The first-order valence-electron chi connectivity index (χ1n) is 6.31. The van der Waals surface area contributed by atoms with Gasteiger partial charge in [-0.25, -0.2) is 0 Å². The van der Waals surface area contributed by atoms with Crippen LogP contribution >= 0.6 is 46.4 Å². The Hall–Kier alpha value is -0.720. The first-order valence-corrected chi connectivity index (χ1v) is 7.82. The SMILES string of the molecule is O=C([O-])c1c(Cl)c(Cl)c(Cl)c(Cl)c1C(=O)NC[C@@H]1CCCO1. The molecular weight excluding hydrogens is 376 g/mol. The average Bonchev–Trinajstić information content (AvgIpc) is 2.99. The zero-order valence-corrected chi connectivity index (χ0v) is 14.1. The van der Waals surface area contributed by atoms with Gasteiger partial charge in [-0.3, -0.25) is 4.79 Å². The number of ether oxygens (including phenoxy) is 1. The van der Waals surface area contributed by atoms with Crippen LogP contribution in [0.4, 0.5) is 0 Å². The molecule has 1 atom stereocenters. The zero-order chi connectivity index (χ0) is 16.4. The standard InChI is InChI=1S/C13H11Cl4NO4/c14-8-6(12(19)18-4-5-2-1-3-22-5)7(13(20)21)9(15)11(17)10(8)16/h5H,1-4H2,(H,18,19)(H,20,21)/p-1/t5-/m0/s1. The van der Waals surface area contributed by atoms with Crippen LogP contribution in [-0.2, 0) is 4.74 Å². The molecule has 0 saturated carbocycles. The maximum atomic E-state index is 12.3. The molecule has 1 aromatic carbocycles. The second-order valence-electron chi connectivity index (χ2n) is 4.64. The molecule has 2 rings (SSSR count). The molecule has 1 fully saturated rings. The highest BCUT2D eigenvalue weighted by Gasteiger charge is 2.26. The summed E-state index contributed by atoms with van der Waals surface area (Å²) >= 11 is 23.5. The van der Waals surface area contributed by atoms with E-state index in [0.717, 1.165) is 12.8 Å². The Kier molecular flexibility index (Phi) is 5.80. The van der Waals surface area contributed by atoms with Crippen molar-refractivity contribution in [2.75, 3.05) is 13.2 Å². The molecule has 0 spiro atoms. The third kappa shape index (κ3) is 3.44. The molecule has 0 aromatic heterocycles. The molecule has 0 bridgehead atoms. The summed E-state index contributed by atoms with van der Waals surface area (Å²) < 4.78 is 5.36. The minimum absolute atomic E-state index is 0.118. The molecule has 1 amide bonds. The largest absolute Gasteiger partial charge is 0.545 e. The van der Waals surface area contributed by atoms with Crippen molar-refractivity contribution < 1.29 is 19.4 Å². The van der Waals surface area contributed by atoms with E-state index in [1.807, 2.05) is 0 Å². The Bertz CT molecular complexity index is 629. The number of carboxylic acids is 1. The highest BCUT2D eigenvalue weighted by atomic mass is 35.5. The molecule has 1 aliphatic rings. The fourth-order valence-corrected chi connectivity index (χ4v) is 3.15. The van der Waals surface area contributed by atoms with Crippen LogP contribution in [0.15, 0.2) is 0 Å². The van der Waals surface area contributed by atoms with Gasteiger partial charge in [0.05, 0.1) is 37.7 Å². The van der Waals surface area contributed by atoms with E-state index in [2.05, 4.69) is 5.32 Å². The van der Waals surface area contributed by atoms with Crippen LogP contribution in [0.25, 0.3) is 0 Å². The number of nitrogens with one attached hydrogen (secondary N) is 1. The van der Waals surface area contributed by atoms with Gasteiger partial charge >= 0.3 is 0 Å². The van der Waals surface area contributed by atoms with Crippen molar-refractivity contribution in [3.8, 4) is 0 Å². The van der Waals surface area contributed by atoms with Crippen molar-refractivity contribution in [2.45, 2.75) is 18.9 Å². The van der Waals surface area contributed by atoms with E-state index < -0.39 is 22.5 Å². The summed E-state index contributed by atoms with van der Waals surface area (Å²) in [5.41, 5.74) is -0.968. The number of hydrogen-bond donors (Lipinski definition) is 1. The molecular formula is C13H10Cl4NO4-. The molecule has 1 aliphatic heterocycles. The minimum atomic E-state index is -1.67. The Morgan fingerprint density at radius 3 is 2.18 bits per heavy atom. The lowest BCUT2D eigenvalue weighted by Gasteiger charge is -2.18. The van der Waals surface area contributed by atoms with Crippen LogP contribution in [0, 0.1) is 0 Å². The van der Waals surface area contributed by atoms with E-state index in [-0.39, 0.29) is 33.3 Å². The van der Waals surface area contributed by atoms with E-state index in [4.69, 9.17) is 51.1 Å². The van der Waals surface area contributed by atoms with Crippen LogP contribution in [-0.4, -0.2) is 31.1 Å². The molecule has 0 radical (unpaired) electrons. The lowest BCUT2D eigenvalue weighted by Crippen LogP contribution is -2.34. The van der Waals surface area contributed by atoms with Crippen LogP contribution in [0.1, 0.15) is 33.6 Å². The van der Waals surface area contributed by atoms with Crippen molar-refractivity contribution >= 4 is 58.3 Å². The third-order valence-electron chi connectivity index (χ3n) is 3.21. The summed E-state index contributed by atoms with van der Waals surface area (Å²) in [7, 11) is 0. The molecule has 1 saturated heterocycles. The monoisotopic (exact) mass is 384 g/mol.